The van der Waals surface area contributed by atoms with E-state index in [1.165, 1.54) is 12.1 Å². The van der Waals surface area contributed by atoms with Gasteiger partial charge in [-0.2, -0.15) is 5.26 Å². The molecule has 0 bridgehead atoms. The lowest BCUT2D eigenvalue weighted by atomic mass is 9.95. The summed E-state index contributed by atoms with van der Waals surface area (Å²) >= 11 is 5.97. The summed E-state index contributed by atoms with van der Waals surface area (Å²) in [6.45, 7) is 3.50. The first kappa shape index (κ1) is 15.8. The lowest BCUT2D eigenvalue weighted by Crippen LogP contribution is -2.41. The lowest BCUT2D eigenvalue weighted by molar-refractivity contribution is -0.135. The number of piperidine rings is 1. The Kier molecular flexibility index (Phi) is 5.19. The summed E-state index contributed by atoms with van der Waals surface area (Å²) in [6, 6.07) is 6.37. The highest BCUT2D eigenvalue weighted by Gasteiger charge is 2.28. The van der Waals surface area contributed by atoms with E-state index in [-0.39, 0.29) is 22.9 Å². The third kappa shape index (κ3) is 3.74. The van der Waals surface area contributed by atoms with Crippen molar-refractivity contribution >= 4 is 17.5 Å². The van der Waals surface area contributed by atoms with Crippen LogP contribution in [0, 0.1) is 29.0 Å². The minimum absolute atomic E-state index is 0.0207. The van der Waals surface area contributed by atoms with Gasteiger partial charge in [0.25, 0.3) is 0 Å². The van der Waals surface area contributed by atoms with Crippen LogP contribution < -0.4 is 0 Å². The van der Waals surface area contributed by atoms with Crippen LogP contribution in [0.15, 0.2) is 18.2 Å². The predicted molar refractivity (Wildman–Crippen MR) is 79.2 cm³/mol. The molecule has 1 atom stereocenters. The van der Waals surface area contributed by atoms with E-state index in [9.17, 15) is 14.4 Å². The molecule has 112 valence electrons. The summed E-state index contributed by atoms with van der Waals surface area (Å²) in [7, 11) is 0. The summed E-state index contributed by atoms with van der Waals surface area (Å²) in [4.78, 5) is 14.1. The number of likely N-dealkylation sites (tertiary alicyclic amines) is 1. The molecule has 5 heteroatoms. The predicted octanol–water partition coefficient (Wildman–Crippen LogP) is 3.42. The lowest BCUT2D eigenvalue weighted by Gasteiger charge is -2.31. The maximum Gasteiger partial charge on any atom is 0.240 e. The first-order chi connectivity index (χ1) is 10.0. The standard InChI is InChI=1S/C16H18ClFN2O/c1-11-5-7-20(8-6-11)16(21)12(10-19)9-13-14(17)3-2-4-15(13)18/h2-4,11-12H,5-9H2,1H3. The van der Waals surface area contributed by atoms with Crippen LogP contribution in [-0.2, 0) is 11.2 Å². The Labute approximate surface area is 129 Å². The third-order valence-corrected chi connectivity index (χ3v) is 4.37. The van der Waals surface area contributed by atoms with Gasteiger partial charge in [-0.15, -0.1) is 0 Å². The molecule has 1 aliphatic rings. The Morgan fingerprint density at radius 1 is 1.52 bits per heavy atom. The number of carbonyl (C=O) groups is 1. The molecule has 1 saturated heterocycles. The van der Waals surface area contributed by atoms with Crippen molar-refractivity contribution in [3.05, 3.63) is 34.6 Å². The monoisotopic (exact) mass is 308 g/mol. The summed E-state index contributed by atoms with van der Waals surface area (Å²) in [6.07, 6.45) is 1.92. The maximum absolute atomic E-state index is 13.8. The molecule has 1 unspecified atom stereocenters. The van der Waals surface area contributed by atoms with E-state index in [1.54, 1.807) is 11.0 Å². The van der Waals surface area contributed by atoms with Gasteiger partial charge in [-0.05, 0) is 30.9 Å². The SMILES string of the molecule is CC1CCN(C(=O)C(C#N)Cc2c(F)cccc2Cl)CC1. The zero-order chi connectivity index (χ0) is 15.4. The number of nitrogens with zero attached hydrogens (tertiary/aromatic N) is 2. The molecule has 1 heterocycles. The largest absolute Gasteiger partial charge is 0.342 e. The van der Waals surface area contributed by atoms with Crippen LogP contribution in [0.1, 0.15) is 25.3 Å². The molecule has 3 nitrogen and oxygen atoms in total. The van der Waals surface area contributed by atoms with Crippen molar-refractivity contribution in [2.75, 3.05) is 13.1 Å². The van der Waals surface area contributed by atoms with Crippen LogP contribution >= 0.6 is 11.6 Å². The van der Waals surface area contributed by atoms with Crippen molar-refractivity contribution in [1.82, 2.24) is 4.90 Å². The topological polar surface area (TPSA) is 44.1 Å². The molecule has 1 aromatic rings. The van der Waals surface area contributed by atoms with Crippen molar-refractivity contribution in [1.29, 1.82) is 5.26 Å². The van der Waals surface area contributed by atoms with E-state index in [2.05, 4.69) is 6.92 Å². The second kappa shape index (κ2) is 6.91. The first-order valence-corrected chi connectivity index (χ1v) is 7.52. The fourth-order valence-corrected chi connectivity index (χ4v) is 2.81. The van der Waals surface area contributed by atoms with Gasteiger partial charge in [-0.1, -0.05) is 24.6 Å². The third-order valence-electron chi connectivity index (χ3n) is 4.02. The minimum atomic E-state index is -0.882. The van der Waals surface area contributed by atoms with Gasteiger partial charge in [0.1, 0.15) is 11.7 Å². The van der Waals surface area contributed by atoms with Crippen LogP contribution in [0.25, 0.3) is 0 Å². The first-order valence-electron chi connectivity index (χ1n) is 7.14. The molecule has 1 amide bonds. The smallest absolute Gasteiger partial charge is 0.240 e. The highest BCUT2D eigenvalue weighted by molar-refractivity contribution is 6.31. The highest BCUT2D eigenvalue weighted by Crippen LogP contribution is 2.24. The summed E-state index contributed by atoms with van der Waals surface area (Å²) < 4.78 is 13.8. The molecular formula is C16H18ClFN2O. The normalized spacial score (nSPS) is 17.3. The second-order valence-electron chi connectivity index (χ2n) is 5.59. The number of nitriles is 1. The summed E-state index contributed by atoms with van der Waals surface area (Å²) in [5.74, 6) is -0.963. The number of benzene rings is 1. The van der Waals surface area contributed by atoms with Crippen LogP contribution in [0.3, 0.4) is 0 Å². The van der Waals surface area contributed by atoms with Crippen molar-refractivity contribution < 1.29 is 9.18 Å². The molecule has 0 aliphatic carbocycles. The van der Waals surface area contributed by atoms with Gasteiger partial charge in [0, 0.05) is 30.1 Å². The van der Waals surface area contributed by atoms with E-state index in [1.807, 2.05) is 6.07 Å². The van der Waals surface area contributed by atoms with E-state index in [0.717, 1.165) is 12.8 Å². The number of halogens is 2. The molecule has 0 radical (unpaired) electrons. The van der Waals surface area contributed by atoms with Crippen LogP contribution in [0.2, 0.25) is 5.02 Å². The quantitative estimate of drug-likeness (QED) is 0.859. The summed E-state index contributed by atoms with van der Waals surface area (Å²) in [5, 5.41) is 9.52. The molecule has 0 saturated carbocycles. The maximum atomic E-state index is 13.8. The Bertz CT molecular complexity index is 542. The fraction of sp³-hybridized carbons (Fsp3) is 0.500. The van der Waals surface area contributed by atoms with Crippen LogP contribution in [-0.4, -0.2) is 23.9 Å². The van der Waals surface area contributed by atoms with Crippen LogP contribution in [0.5, 0.6) is 0 Å². The van der Waals surface area contributed by atoms with Gasteiger partial charge in [0.2, 0.25) is 5.91 Å². The fourth-order valence-electron chi connectivity index (χ4n) is 2.57. The number of amides is 1. The number of hydrogen-bond donors (Lipinski definition) is 0. The van der Waals surface area contributed by atoms with E-state index < -0.39 is 11.7 Å². The zero-order valence-electron chi connectivity index (χ0n) is 12.0. The summed E-state index contributed by atoms with van der Waals surface area (Å²) in [5.41, 5.74) is 0.240. The van der Waals surface area contributed by atoms with Crippen molar-refractivity contribution in [2.24, 2.45) is 11.8 Å². The van der Waals surface area contributed by atoms with Gasteiger partial charge in [0.05, 0.1) is 6.07 Å². The van der Waals surface area contributed by atoms with E-state index >= 15 is 0 Å². The Morgan fingerprint density at radius 2 is 2.19 bits per heavy atom. The van der Waals surface area contributed by atoms with Gasteiger partial charge >= 0.3 is 0 Å². The zero-order valence-corrected chi connectivity index (χ0v) is 12.7. The van der Waals surface area contributed by atoms with E-state index in [0.29, 0.717) is 19.0 Å². The molecule has 1 aliphatic heterocycles. The molecular weight excluding hydrogens is 291 g/mol. The highest BCUT2D eigenvalue weighted by atomic mass is 35.5. The van der Waals surface area contributed by atoms with Gasteiger partial charge in [0.15, 0.2) is 0 Å². The van der Waals surface area contributed by atoms with Gasteiger partial charge in [-0.3, -0.25) is 4.79 Å². The van der Waals surface area contributed by atoms with Gasteiger partial charge < -0.3 is 4.90 Å². The Hall–Kier alpha value is -1.60. The van der Waals surface area contributed by atoms with Crippen molar-refractivity contribution in [3.63, 3.8) is 0 Å². The average molecular weight is 309 g/mol. The molecule has 2 rings (SSSR count). The Balaban J connectivity index is 2.10. The van der Waals surface area contributed by atoms with Crippen molar-refractivity contribution in [2.45, 2.75) is 26.2 Å². The molecule has 1 aromatic carbocycles. The number of carbonyl (C=O) groups excluding carboxylic acids is 1. The number of hydrogen-bond acceptors (Lipinski definition) is 2. The second-order valence-corrected chi connectivity index (χ2v) is 6.00. The molecule has 0 aromatic heterocycles. The molecule has 21 heavy (non-hydrogen) atoms. The number of rotatable bonds is 3. The molecule has 0 spiro atoms. The molecule has 0 N–H and O–H groups in total. The average Bonchev–Trinajstić information content (AvgIpc) is 2.47. The van der Waals surface area contributed by atoms with E-state index in [4.69, 9.17) is 11.6 Å². The van der Waals surface area contributed by atoms with Crippen molar-refractivity contribution in [3.8, 4) is 6.07 Å². The van der Waals surface area contributed by atoms with Crippen LogP contribution in [0.4, 0.5) is 4.39 Å². The Morgan fingerprint density at radius 3 is 2.76 bits per heavy atom. The van der Waals surface area contributed by atoms with Gasteiger partial charge in [-0.25, -0.2) is 4.39 Å². The molecule has 1 fully saturated rings. The minimum Gasteiger partial charge on any atom is -0.342 e.